The maximum atomic E-state index is 13.2. The minimum absolute atomic E-state index is 0.00807. The minimum atomic E-state index is -3.86. The molecule has 0 bridgehead atoms. The fourth-order valence-electron chi connectivity index (χ4n) is 2.96. The Labute approximate surface area is 169 Å². The minimum Gasteiger partial charge on any atom is -0.354 e. The van der Waals surface area contributed by atoms with Gasteiger partial charge in [0.15, 0.2) is 9.84 Å². The molecule has 2 aromatic carbocycles. The summed E-state index contributed by atoms with van der Waals surface area (Å²) in [5.41, 5.74) is 1.49. The molecule has 3 aromatic rings. The van der Waals surface area contributed by atoms with Crippen molar-refractivity contribution in [2.75, 3.05) is 6.54 Å². The summed E-state index contributed by atoms with van der Waals surface area (Å²) in [4.78, 5) is 16.3. The van der Waals surface area contributed by atoms with E-state index in [2.05, 4.69) is 10.3 Å². The van der Waals surface area contributed by atoms with Gasteiger partial charge in [0, 0.05) is 25.4 Å². The average Bonchev–Trinajstić information content (AvgIpc) is 2.74. The zero-order valence-corrected chi connectivity index (χ0v) is 16.5. The number of hydrogen-bond acceptors (Lipinski definition) is 4. The van der Waals surface area contributed by atoms with Crippen molar-refractivity contribution in [3.63, 3.8) is 0 Å². The van der Waals surface area contributed by atoms with E-state index in [4.69, 9.17) is 0 Å². The highest BCUT2D eigenvalue weighted by Gasteiger charge is 2.29. The normalized spacial score (nSPS) is 12.3. The molecule has 5 nitrogen and oxygen atoms in total. The number of aryl methyl sites for hydroxylation is 1. The summed E-state index contributed by atoms with van der Waals surface area (Å²) in [6.07, 6.45) is 3.82. The van der Waals surface area contributed by atoms with Crippen molar-refractivity contribution in [2.45, 2.75) is 23.0 Å². The Kier molecular flexibility index (Phi) is 6.72. The Balaban J connectivity index is 1.74. The second-order valence-electron chi connectivity index (χ2n) is 6.56. The number of carbonyl (C=O) groups is 1. The van der Waals surface area contributed by atoms with Crippen LogP contribution in [0.3, 0.4) is 0 Å². The van der Waals surface area contributed by atoms with Crippen molar-refractivity contribution < 1.29 is 17.6 Å². The Morgan fingerprint density at radius 2 is 1.72 bits per heavy atom. The van der Waals surface area contributed by atoms with E-state index < -0.39 is 20.9 Å². The van der Waals surface area contributed by atoms with E-state index in [0.717, 1.165) is 17.7 Å². The number of aromatic nitrogens is 1. The molecule has 0 aliphatic carbocycles. The lowest BCUT2D eigenvalue weighted by atomic mass is 10.1. The molecule has 7 heteroatoms. The average molecular weight is 412 g/mol. The van der Waals surface area contributed by atoms with Crippen LogP contribution in [0.4, 0.5) is 4.39 Å². The molecule has 29 heavy (non-hydrogen) atoms. The van der Waals surface area contributed by atoms with Gasteiger partial charge in [0.05, 0.1) is 4.90 Å². The third-order valence-corrected chi connectivity index (χ3v) is 6.66. The van der Waals surface area contributed by atoms with Crippen molar-refractivity contribution in [1.82, 2.24) is 10.3 Å². The summed E-state index contributed by atoms with van der Waals surface area (Å²) in [6, 6.07) is 17.5. The number of hydrogen-bond donors (Lipinski definition) is 1. The van der Waals surface area contributed by atoms with Crippen LogP contribution in [0.2, 0.25) is 0 Å². The second-order valence-corrected chi connectivity index (χ2v) is 8.69. The Bertz CT molecular complexity index is 1040. The number of rotatable bonds is 8. The predicted octanol–water partition coefficient (Wildman–Crippen LogP) is 3.48. The maximum absolute atomic E-state index is 13.2. The molecule has 0 radical (unpaired) electrons. The Hall–Kier alpha value is -3.06. The lowest BCUT2D eigenvalue weighted by Crippen LogP contribution is -2.32. The largest absolute Gasteiger partial charge is 0.354 e. The first-order chi connectivity index (χ1) is 14.0. The number of benzene rings is 2. The smallest absolute Gasteiger partial charge is 0.220 e. The van der Waals surface area contributed by atoms with Gasteiger partial charge in [-0.3, -0.25) is 9.78 Å². The quantitative estimate of drug-likeness (QED) is 0.575. The zero-order valence-electron chi connectivity index (χ0n) is 15.7. The van der Waals surface area contributed by atoms with Crippen LogP contribution in [0.25, 0.3) is 0 Å². The van der Waals surface area contributed by atoms with Gasteiger partial charge >= 0.3 is 0 Å². The molecule has 0 fully saturated rings. The molecule has 1 amide bonds. The highest BCUT2D eigenvalue weighted by molar-refractivity contribution is 7.91. The molecule has 150 valence electrons. The molecule has 1 atom stereocenters. The number of amides is 1. The van der Waals surface area contributed by atoms with E-state index in [0.29, 0.717) is 12.0 Å². The van der Waals surface area contributed by atoms with Crippen LogP contribution in [-0.4, -0.2) is 25.9 Å². The number of halogens is 1. The topological polar surface area (TPSA) is 76.1 Å². The van der Waals surface area contributed by atoms with Gasteiger partial charge in [0.25, 0.3) is 0 Å². The van der Waals surface area contributed by atoms with Crippen LogP contribution in [-0.2, 0) is 21.1 Å². The van der Waals surface area contributed by atoms with Crippen molar-refractivity contribution in [1.29, 1.82) is 0 Å². The van der Waals surface area contributed by atoms with E-state index in [1.54, 1.807) is 18.3 Å². The van der Waals surface area contributed by atoms with E-state index in [1.165, 1.54) is 18.3 Å². The summed E-state index contributed by atoms with van der Waals surface area (Å²) in [5.74, 6) is -0.756. The zero-order chi connectivity index (χ0) is 20.7. The fourth-order valence-corrected chi connectivity index (χ4v) is 4.60. The molecule has 0 aliphatic heterocycles. The van der Waals surface area contributed by atoms with Crippen molar-refractivity contribution in [3.05, 3.63) is 96.1 Å². The summed E-state index contributed by atoms with van der Waals surface area (Å²) in [6.45, 7) is -0.0982. The first-order valence-electron chi connectivity index (χ1n) is 9.17. The highest BCUT2D eigenvalue weighted by Crippen LogP contribution is 2.28. The van der Waals surface area contributed by atoms with Crippen LogP contribution in [0.1, 0.15) is 22.8 Å². The van der Waals surface area contributed by atoms with Gasteiger partial charge in [-0.25, -0.2) is 12.8 Å². The molecule has 1 unspecified atom stereocenters. The highest BCUT2D eigenvalue weighted by atomic mass is 32.2. The van der Waals surface area contributed by atoms with Gasteiger partial charge in [-0.1, -0.05) is 36.4 Å². The van der Waals surface area contributed by atoms with E-state index in [1.807, 2.05) is 30.3 Å². The molecule has 1 aromatic heterocycles. The predicted molar refractivity (Wildman–Crippen MR) is 108 cm³/mol. The Morgan fingerprint density at radius 1 is 1.00 bits per heavy atom. The number of nitrogens with one attached hydrogen (secondary N) is 1. The fraction of sp³-hybridized carbons (Fsp3) is 0.182. The Morgan fingerprint density at radius 3 is 2.38 bits per heavy atom. The lowest BCUT2D eigenvalue weighted by molar-refractivity contribution is -0.121. The SMILES string of the molecule is O=C(CCc1ccccc1)NCC(c1cccnc1)S(=O)(=O)c1ccc(F)cc1. The monoisotopic (exact) mass is 412 g/mol. The van der Waals surface area contributed by atoms with Crippen LogP contribution in [0, 0.1) is 5.82 Å². The van der Waals surface area contributed by atoms with Crippen LogP contribution >= 0.6 is 0 Å². The van der Waals surface area contributed by atoms with Crippen LogP contribution in [0.15, 0.2) is 84.0 Å². The first-order valence-corrected chi connectivity index (χ1v) is 10.7. The van der Waals surface area contributed by atoms with Crippen molar-refractivity contribution in [2.24, 2.45) is 0 Å². The van der Waals surface area contributed by atoms with Gasteiger partial charge in [0.1, 0.15) is 11.1 Å². The molecule has 1 heterocycles. The van der Waals surface area contributed by atoms with Gasteiger partial charge in [-0.05, 0) is 47.9 Å². The van der Waals surface area contributed by atoms with E-state index in [9.17, 15) is 17.6 Å². The number of nitrogens with zero attached hydrogens (tertiary/aromatic N) is 1. The summed E-state index contributed by atoms with van der Waals surface area (Å²) >= 11 is 0. The molecule has 0 spiro atoms. The number of sulfone groups is 1. The summed E-state index contributed by atoms with van der Waals surface area (Å²) in [5, 5.41) is 1.69. The molecular weight excluding hydrogens is 391 g/mol. The first kappa shape index (κ1) is 20.7. The molecule has 1 N–H and O–H groups in total. The van der Waals surface area contributed by atoms with E-state index in [-0.39, 0.29) is 23.8 Å². The molecule has 0 saturated carbocycles. The standard InChI is InChI=1S/C22H21FN2O3S/c23-19-9-11-20(12-10-19)29(27,28)21(18-7-4-14-24-15-18)16-25-22(26)13-8-17-5-2-1-3-6-17/h1-7,9-12,14-15,21H,8,13,16H2,(H,25,26). The molecule has 0 aliphatic rings. The molecule has 0 saturated heterocycles. The third-order valence-electron chi connectivity index (χ3n) is 4.54. The maximum Gasteiger partial charge on any atom is 0.220 e. The second kappa shape index (κ2) is 9.43. The van der Waals surface area contributed by atoms with Gasteiger partial charge in [-0.15, -0.1) is 0 Å². The molecular formula is C22H21FN2O3S. The molecule has 3 rings (SSSR count). The number of carbonyl (C=O) groups excluding carboxylic acids is 1. The van der Waals surface area contributed by atoms with Gasteiger partial charge in [-0.2, -0.15) is 0 Å². The van der Waals surface area contributed by atoms with Gasteiger partial charge < -0.3 is 5.32 Å². The van der Waals surface area contributed by atoms with Crippen LogP contribution in [0.5, 0.6) is 0 Å². The number of pyridine rings is 1. The van der Waals surface area contributed by atoms with Crippen molar-refractivity contribution >= 4 is 15.7 Å². The summed E-state index contributed by atoms with van der Waals surface area (Å²) < 4.78 is 39.5. The van der Waals surface area contributed by atoms with Crippen LogP contribution < -0.4 is 5.32 Å². The third kappa shape index (κ3) is 5.48. The lowest BCUT2D eigenvalue weighted by Gasteiger charge is -2.19. The summed E-state index contributed by atoms with van der Waals surface area (Å²) in [7, 11) is -3.86. The van der Waals surface area contributed by atoms with E-state index >= 15 is 0 Å². The van der Waals surface area contributed by atoms with Crippen molar-refractivity contribution in [3.8, 4) is 0 Å². The van der Waals surface area contributed by atoms with Gasteiger partial charge in [0.2, 0.25) is 5.91 Å².